The van der Waals surface area contributed by atoms with Gasteiger partial charge in [0.05, 0.1) is 23.0 Å². The number of fused-ring (bicyclic) bond motifs is 3. The second-order valence-corrected chi connectivity index (χ2v) is 8.73. The van der Waals surface area contributed by atoms with Gasteiger partial charge in [-0.05, 0) is 37.6 Å². The Hall–Kier alpha value is -3.43. The lowest BCUT2D eigenvalue weighted by atomic mass is 9.96. The van der Waals surface area contributed by atoms with Crippen LogP contribution in [0.15, 0.2) is 60.7 Å². The molecule has 0 bridgehead atoms. The number of halogens is 3. The molecule has 0 radical (unpaired) electrons. The van der Waals surface area contributed by atoms with E-state index in [1.54, 1.807) is 48.7 Å². The van der Waals surface area contributed by atoms with Gasteiger partial charge in [-0.15, -0.1) is 0 Å². The Morgan fingerprint density at radius 2 is 1.82 bits per heavy atom. The van der Waals surface area contributed by atoms with Gasteiger partial charge >= 0.3 is 6.61 Å². The molecule has 0 amide bonds. The first-order chi connectivity index (χ1) is 16.2. The van der Waals surface area contributed by atoms with Crippen molar-refractivity contribution >= 4 is 5.65 Å². The van der Waals surface area contributed by atoms with Crippen molar-refractivity contribution in [2.75, 3.05) is 6.54 Å². The fourth-order valence-electron chi connectivity index (χ4n) is 4.27. The summed E-state index contributed by atoms with van der Waals surface area (Å²) in [7, 11) is 0. The zero-order valence-corrected chi connectivity index (χ0v) is 18.5. The maximum Gasteiger partial charge on any atom is 0.387 e. The maximum atomic E-state index is 14.9. The van der Waals surface area contributed by atoms with Gasteiger partial charge in [-0.3, -0.25) is 0 Å². The Morgan fingerprint density at radius 3 is 2.53 bits per heavy atom. The molecular formula is C25H23F3N4O2. The highest BCUT2D eigenvalue weighted by Crippen LogP contribution is 2.38. The van der Waals surface area contributed by atoms with Gasteiger partial charge in [-0.1, -0.05) is 42.5 Å². The maximum absolute atomic E-state index is 14.9. The Balaban J connectivity index is 1.63. The zero-order chi connectivity index (χ0) is 24.0. The van der Waals surface area contributed by atoms with E-state index in [4.69, 9.17) is 9.84 Å². The van der Waals surface area contributed by atoms with Crippen molar-refractivity contribution in [3.63, 3.8) is 0 Å². The van der Waals surface area contributed by atoms with E-state index >= 15 is 0 Å². The number of imidazole rings is 1. The summed E-state index contributed by atoms with van der Waals surface area (Å²) < 4.78 is 47.2. The van der Waals surface area contributed by atoms with Gasteiger partial charge in [0.25, 0.3) is 0 Å². The molecule has 0 saturated heterocycles. The fraction of sp³-hybridized carbons (Fsp3) is 0.280. The van der Waals surface area contributed by atoms with E-state index in [0.29, 0.717) is 22.6 Å². The summed E-state index contributed by atoms with van der Waals surface area (Å²) in [5.41, 5.74) is 2.76. The molecule has 34 heavy (non-hydrogen) atoms. The molecule has 4 aromatic rings. The lowest BCUT2D eigenvalue weighted by Gasteiger charge is -2.27. The fourth-order valence-corrected chi connectivity index (χ4v) is 4.27. The number of hydrogen-bond donors (Lipinski definition) is 2. The summed E-state index contributed by atoms with van der Waals surface area (Å²) in [5, 5.41) is 18.0. The molecule has 6 nitrogen and oxygen atoms in total. The largest absolute Gasteiger partial charge is 0.434 e. The van der Waals surface area contributed by atoms with Crippen LogP contribution >= 0.6 is 0 Å². The lowest BCUT2D eigenvalue weighted by molar-refractivity contribution is -0.0506. The normalized spacial score (nSPS) is 18.3. The number of nitrogens with one attached hydrogen (secondary N) is 1. The predicted molar refractivity (Wildman–Crippen MR) is 120 cm³/mol. The van der Waals surface area contributed by atoms with E-state index in [-0.39, 0.29) is 18.0 Å². The van der Waals surface area contributed by atoms with Crippen LogP contribution in [0, 0.1) is 0 Å². The highest BCUT2D eigenvalue weighted by Gasteiger charge is 2.35. The Morgan fingerprint density at radius 1 is 1.09 bits per heavy atom. The van der Waals surface area contributed by atoms with E-state index in [9.17, 15) is 18.3 Å². The summed E-state index contributed by atoms with van der Waals surface area (Å²) in [5.74, 6) is 0.00608. The van der Waals surface area contributed by atoms with Gasteiger partial charge in [-0.2, -0.15) is 13.9 Å². The molecular weight excluding hydrogens is 445 g/mol. The average Bonchev–Trinajstić information content (AvgIpc) is 3.19. The molecule has 5 rings (SSSR count). The van der Waals surface area contributed by atoms with Gasteiger partial charge in [-0.25, -0.2) is 13.9 Å². The van der Waals surface area contributed by atoms with Gasteiger partial charge in [0, 0.05) is 17.7 Å². The van der Waals surface area contributed by atoms with Crippen molar-refractivity contribution in [3.05, 3.63) is 83.2 Å². The molecule has 0 aliphatic carbocycles. The quantitative estimate of drug-likeness (QED) is 0.435. The third-order valence-electron chi connectivity index (χ3n) is 5.95. The summed E-state index contributed by atoms with van der Waals surface area (Å²) in [6, 6.07) is 16.7. The van der Waals surface area contributed by atoms with Crippen LogP contribution in [0.2, 0.25) is 0 Å². The Kier molecular flexibility index (Phi) is 5.53. The molecule has 0 spiro atoms. The second kappa shape index (κ2) is 8.41. The smallest absolute Gasteiger partial charge is 0.387 e. The van der Waals surface area contributed by atoms with Crippen molar-refractivity contribution in [1.29, 1.82) is 0 Å². The van der Waals surface area contributed by atoms with Crippen LogP contribution in [-0.4, -0.2) is 32.9 Å². The Labute approximate surface area is 194 Å². The molecule has 2 aromatic heterocycles. The number of para-hydroxylation sites is 1. The molecule has 176 valence electrons. The monoisotopic (exact) mass is 468 g/mol. The number of benzene rings is 2. The van der Waals surface area contributed by atoms with Crippen molar-refractivity contribution in [1.82, 2.24) is 19.9 Å². The topological polar surface area (TPSA) is 71.7 Å². The van der Waals surface area contributed by atoms with Crippen LogP contribution in [0.1, 0.15) is 48.6 Å². The minimum atomic E-state index is -2.99. The number of rotatable bonds is 5. The van der Waals surface area contributed by atoms with E-state index in [1.165, 1.54) is 6.07 Å². The molecule has 0 fully saturated rings. The van der Waals surface area contributed by atoms with Crippen LogP contribution in [0.5, 0.6) is 5.75 Å². The highest BCUT2D eigenvalue weighted by molar-refractivity contribution is 5.62. The number of ether oxygens (including phenoxy) is 1. The molecule has 2 aromatic carbocycles. The number of alkyl halides is 3. The molecule has 1 unspecified atom stereocenters. The van der Waals surface area contributed by atoms with Crippen LogP contribution in [0.3, 0.4) is 0 Å². The van der Waals surface area contributed by atoms with E-state index in [0.717, 1.165) is 11.1 Å². The first-order valence-corrected chi connectivity index (χ1v) is 10.9. The highest BCUT2D eigenvalue weighted by atomic mass is 19.3. The molecule has 3 heterocycles. The van der Waals surface area contributed by atoms with E-state index in [1.807, 2.05) is 24.3 Å². The minimum Gasteiger partial charge on any atom is -0.434 e. The minimum absolute atomic E-state index is 0.00608. The molecule has 9 heteroatoms. The first kappa shape index (κ1) is 22.4. The van der Waals surface area contributed by atoms with Gasteiger partial charge in [0.15, 0.2) is 11.8 Å². The second-order valence-electron chi connectivity index (χ2n) is 8.73. The van der Waals surface area contributed by atoms with Crippen molar-refractivity contribution < 1.29 is 23.0 Å². The summed E-state index contributed by atoms with van der Waals surface area (Å²) >= 11 is 0. The third kappa shape index (κ3) is 4.01. The van der Waals surface area contributed by atoms with Crippen LogP contribution < -0.4 is 10.1 Å². The molecule has 2 atom stereocenters. The standard InChI is InChI=1S/C25H23F3N4O2/c1-25(2,33)15-9-7-14(8-10-15)18-11-12-20-30-22-17(26)13-29-21(23(22)32(20)31-18)16-5-3-4-6-19(16)34-24(27)28/h3-12,17,21,24,29,33H,13H2,1-2H3/t17?,21-/m0/s1. The molecule has 1 aliphatic heterocycles. The Bertz CT molecular complexity index is 1330. The summed E-state index contributed by atoms with van der Waals surface area (Å²) in [4.78, 5) is 4.45. The molecule has 2 N–H and O–H groups in total. The molecule has 0 saturated carbocycles. The molecule has 1 aliphatic rings. The number of nitrogens with zero attached hydrogens (tertiary/aromatic N) is 3. The van der Waals surface area contributed by atoms with Crippen molar-refractivity contribution in [3.8, 4) is 17.0 Å². The van der Waals surface area contributed by atoms with Crippen LogP contribution in [-0.2, 0) is 5.60 Å². The van der Waals surface area contributed by atoms with Gasteiger partial charge in [0.2, 0.25) is 0 Å². The number of aromatic nitrogens is 3. The lowest BCUT2D eigenvalue weighted by Crippen LogP contribution is -2.33. The van der Waals surface area contributed by atoms with E-state index in [2.05, 4.69) is 10.3 Å². The number of aliphatic hydroxyl groups is 1. The van der Waals surface area contributed by atoms with Crippen molar-refractivity contribution in [2.45, 2.75) is 38.3 Å². The number of hydrogen-bond acceptors (Lipinski definition) is 5. The van der Waals surface area contributed by atoms with Gasteiger partial charge < -0.3 is 15.2 Å². The van der Waals surface area contributed by atoms with Crippen LogP contribution in [0.25, 0.3) is 16.9 Å². The van der Waals surface area contributed by atoms with Crippen LogP contribution in [0.4, 0.5) is 13.2 Å². The predicted octanol–water partition coefficient (Wildman–Crippen LogP) is 4.93. The van der Waals surface area contributed by atoms with E-state index < -0.39 is 24.4 Å². The SMILES string of the molecule is CC(C)(O)c1ccc(-c2ccc3nc4c(n3n2)[C@H](c2ccccc2OC(F)F)NCC4F)cc1. The summed E-state index contributed by atoms with van der Waals surface area (Å²) in [6.07, 6.45) is -1.37. The van der Waals surface area contributed by atoms with Crippen molar-refractivity contribution in [2.24, 2.45) is 0 Å². The first-order valence-electron chi connectivity index (χ1n) is 10.9. The zero-order valence-electron chi connectivity index (χ0n) is 18.5. The summed E-state index contributed by atoms with van der Waals surface area (Å²) in [6.45, 7) is 0.410. The van der Waals surface area contributed by atoms with Gasteiger partial charge in [0.1, 0.15) is 11.4 Å². The third-order valence-corrected chi connectivity index (χ3v) is 5.95. The average molecular weight is 468 g/mol.